The second-order valence-corrected chi connectivity index (χ2v) is 6.52. The lowest BCUT2D eigenvalue weighted by Gasteiger charge is -2.12. The minimum Gasteiger partial charge on any atom is -0.497 e. The summed E-state index contributed by atoms with van der Waals surface area (Å²) in [5.74, 6) is 6.63. The van der Waals surface area contributed by atoms with Gasteiger partial charge in [-0.2, -0.15) is 9.78 Å². The van der Waals surface area contributed by atoms with Crippen molar-refractivity contribution in [1.29, 1.82) is 0 Å². The van der Waals surface area contributed by atoms with Crippen molar-refractivity contribution in [3.05, 3.63) is 53.1 Å². The van der Waals surface area contributed by atoms with E-state index in [-0.39, 0.29) is 5.56 Å². The quantitative estimate of drug-likeness (QED) is 0.449. The average Bonchev–Trinajstić information content (AvgIpc) is 3.02. The number of nitrogens with two attached hydrogens (primary N) is 1. The van der Waals surface area contributed by atoms with Crippen LogP contribution in [0.4, 0.5) is 5.69 Å². The molecule has 0 amide bonds. The molecule has 0 spiro atoms. The van der Waals surface area contributed by atoms with Gasteiger partial charge in [0, 0.05) is 24.0 Å². The predicted octanol–water partition coefficient (Wildman–Crippen LogP) is 2.31. The first kappa shape index (κ1) is 15.6. The van der Waals surface area contributed by atoms with E-state index in [2.05, 4.69) is 10.1 Å². The minimum atomic E-state index is -0.184. The highest BCUT2D eigenvalue weighted by Crippen LogP contribution is 2.35. The van der Waals surface area contributed by atoms with E-state index in [1.165, 1.54) is 21.0 Å². The molecule has 0 aliphatic carbocycles. The molecule has 4 aromatic rings. The summed E-state index contributed by atoms with van der Waals surface area (Å²) < 4.78 is 7.13. The molecular weight excluding hydrogens is 338 g/mol. The molecule has 126 valence electrons. The summed E-state index contributed by atoms with van der Waals surface area (Å²) in [6.07, 6.45) is 3.38. The van der Waals surface area contributed by atoms with Crippen LogP contribution in [0.5, 0.6) is 5.75 Å². The lowest BCUT2D eigenvalue weighted by molar-refractivity contribution is 0.414. The largest absolute Gasteiger partial charge is 0.497 e. The van der Waals surface area contributed by atoms with Crippen LogP contribution in [0.3, 0.4) is 0 Å². The third-order valence-corrected chi connectivity index (χ3v) is 5.09. The number of benzene rings is 1. The van der Waals surface area contributed by atoms with E-state index in [1.54, 1.807) is 50.8 Å². The fraction of sp³-hybridized carbons (Fsp3) is 0.118. The summed E-state index contributed by atoms with van der Waals surface area (Å²) in [6.45, 7) is 0. The highest BCUT2D eigenvalue weighted by molar-refractivity contribution is 7.25. The molecule has 0 unspecified atom stereocenters. The normalized spacial score (nSPS) is 11.2. The molecule has 7 nitrogen and oxygen atoms in total. The van der Waals surface area contributed by atoms with Crippen LogP contribution < -0.4 is 21.1 Å². The Morgan fingerprint density at radius 2 is 2.00 bits per heavy atom. The maximum Gasteiger partial charge on any atom is 0.289 e. The third kappa shape index (κ3) is 2.43. The van der Waals surface area contributed by atoms with Gasteiger partial charge in [-0.15, -0.1) is 11.3 Å². The van der Waals surface area contributed by atoms with Crippen molar-refractivity contribution in [3.63, 3.8) is 0 Å². The predicted molar refractivity (Wildman–Crippen MR) is 99.7 cm³/mol. The smallest absolute Gasteiger partial charge is 0.289 e. The first-order chi connectivity index (χ1) is 12.1. The number of fused-ring (bicyclic) bond motifs is 3. The van der Waals surface area contributed by atoms with Gasteiger partial charge < -0.3 is 9.75 Å². The van der Waals surface area contributed by atoms with Crippen LogP contribution in [0.2, 0.25) is 0 Å². The van der Waals surface area contributed by atoms with Gasteiger partial charge in [0.15, 0.2) is 0 Å². The summed E-state index contributed by atoms with van der Waals surface area (Å²) in [4.78, 5) is 18.1. The number of thiophene rings is 1. The number of ether oxygens (including phenoxy) is 1. The van der Waals surface area contributed by atoms with E-state index in [1.807, 2.05) is 6.07 Å². The first-order valence-corrected chi connectivity index (χ1v) is 8.34. The Balaban J connectivity index is 1.98. The zero-order chi connectivity index (χ0) is 17.6. The number of hydrogen-bond acceptors (Lipinski definition) is 7. The van der Waals surface area contributed by atoms with Gasteiger partial charge in [-0.1, -0.05) is 0 Å². The molecule has 0 saturated carbocycles. The van der Waals surface area contributed by atoms with Crippen molar-refractivity contribution in [2.24, 2.45) is 5.84 Å². The number of methoxy groups -OCH3 is 1. The van der Waals surface area contributed by atoms with Gasteiger partial charge in [-0.05, 0) is 30.3 Å². The molecule has 0 radical (unpaired) electrons. The fourth-order valence-electron chi connectivity index (χ4n) is 2.78. The number of anilines is 1. The van der Waals surface area contributed by atoms with E-state index < -0.39 is 0 Å². The zero-order valence-corrected chi connectivity index (χ0v) is 14.4. The first-order valence-electron chi connectivity index (χ1n) is 7.52. The van der Waals surface area contributed by atoms with Crippen molar-refractivity contribution in [2.75, 3.05) is 19.2 Å². The number of hydrogen-bond donors (Lipinski definition) is 1. The van der Waals surface area contributed by atoms with Crippen LogP contribution in [0.25, 0.3) is 26.0 Å². The van der Waals surface area contributed by atoms with E-state index in [0.717, 1.165) is 27.0 Å². The highest BCUT2D eigenvalue weighted by Gasteiger charge is 2.16. The van der Waals surface area contributed by atoms with Crippen molar-refractivity contribution in [3.8, 4) is 11.4 Å². The molecule has 0 bridgehead atoms. The van der Waals surface area contributed by atoms with Gasteiger partial charge in [0.1, 0.15) is 15.3 Å². The molecule has 4 rings (SSSR count). The van der Waals surface area contributed by atoms with Gasteiger partial charge in [-0.25, -0.2) is 10.8 Å². The monoisotopic (exact) mass is 353 g/mol. The van der Waals surface area contributed by atoms with E-state index >= 15 is 0 Å². The van der Waals surface area contributed by atoms with Crippen LogP contribution in [0, 0.1) is 0 Å². The van der Waals surface area contributed by atoms with Gasteiger partial charge in [-0.3, -0.25) is 4.79 Å². The maximum atomic E-state index is 12.9. The van der Waals surface area contributed by atoms with Crippen molar-refractivity contribution < 1.29 is 4.74 Å². The summed E-state index contributed by atoms with van der Waals surface area (Å²) in [7, 11) is 3.35. The van der Waals surface area contributed by atoms with Crippen LogP contribution in [-0.2, 0) is 0 Å². The molecule has 1 aromatic carbocycles. The van der Waals surface area contributed by atoms with Crippen LogP contribution in [-0.4, -0.2) is 28.9 Å². The molecule has 0 atom stereocenters. The van der Waals surface area contributed by atoms with Crippen LogP contribution in [0.1, 0.15) is 0 Å². The highest BCUT2D eigenvalue weighted by atomic mass is 32.1. The molecule has 25 heavy (non-hydrogen) atoms. The molecule has 0 saturated heterocycles. The molecular formula is C17H15N5O2S. The Labute approximate surface area is 146 Å². The minimum absolute atomic E-state index is 0.184. The van der Waals surface area contributed by atoms with E-state index in [0.29, 0.717) is 10.4 Å². The fourth-order valence-corrected chi connectivity index (χ4v) is 3.84. The van der Waals surface area contributed by atoms with E-state index in [9.17, 15) is 4.79 Å². The Kier molecular flexibility index (Phi) is 3.63. The van der Waals surface area contributed by atoms with E-state index in [4.69, 9.17) is 10.6 Å². The molecule has 2 N–H and O–H groups in total. The summed E-state index contributed by atoms with van der Waals surface area (Å²) in [5, 5.41) is 7.46. The number of nitrogens with zero attached hydrogens (tertiary/aromatic N) is 4. The van der Waals surface area contributed by atoms with Crippen molar-refractivity contribution in [1.82, 2.24) is 14.8 Å². The van der Waals surface area contributed by atoms with Crippen LogP contribution in [0.15, 0.2) is 47.5 Å². The lowest BCUT2D eigenvalue weighted by Crippen LogP contribution is -2.25. The zero-order valence-electron chi connectivity index (χ0n) is 13.6. The summed E-state index contributed by atoms with van der Waals surface area (Å²) >= 11 is 1.34. The molecule has 0 fully saturated rings. The second-order valence-electron chi connectivity index (χ2n) is 5.53. The molecule has 3 heterocycles. The summed E-state index contributed by atoms with van der Waals surface area (Å²) in [5.41, 5.74) is 1.30. The average molecular weight is 353 g/mol. The Morgan fingerprint density at radius 1 is 1.24 bits per heavy atom. The number of aromatic nitrogens is 3. The Bertz CT molecular complexity index is 1130. The standard InChI is InChI=1S/C17H15N5O2S/c1-21(18)13-7-8-19-16-14(13)12-9-20-22(17(23)15(12)25-16)10-3-5-11(24-2)6-4-10/h3-9H,18H2,1-2H3. The molecule has 0 aliphatic heterocycles. The third-order valence-electron chi connectivity index (χ3n) is 3.99. The topological polar surface area (TPSA) is 86.3 Å². The van der Waals surface area contributed by atoms with Gasteiger partial charge in [0.05, 0.1) is 24.7 Å². The SMILES string of the molecule is COc1ccc(-n2ncc3c(sc4nccc(N(C)N)c43)c2=O)cc1. The number of rotatable bonds is 3. The maximum absolute atomic E-state index is 12.9. The Hall–Kier alpha value is -2.97. The number of hydrazine groups is 1. The molecule has 3 aromatic heterocycles. The molecule has 0 aliphatic rings. The van der Waals surface area contributed by atoms with Gasteiger partial charge in [0.2, 0.25) is 0 Å². The van der Waals surface area contributed by atoms with Gasteiger partial charge >= 0.3 is 0 Å². The lowest BCUT2D eigenvalue weighted by atomic mass is 10.2. The van der Waals surface area contributed by atoms with Gasteiger partial charge in [0.25, 0.3) is 5.56 Å². The second kappa shape index (κ2) is 5.83. The number of pyridine rings is 1. The van der Waals surface area contributed by atoms with Crippen molar-refractivity contribution in [2.45, 2.75) is 0 Å². The van der Waals surface area contributed by atoms with Crippen LogP contribution >= 0.6 is 11.3 Å². The molecule has 8 heteroatoms. The Morgan fingerprint density at radius 3 is 2.68 bits per heavy atom. The van der Waals surface area contributed by atoms with Crippen molar-refractivity contribution >= 4 is 37.3 Å². The summed E-state index contributed by atoms with van der Waals surface area (Å²) in [6, 6.07) is 9.00.